The molecule has 0 atom stereocenters. The number of aromatic nitrogens is 6. The predicted octanol–water partition coefficient (Wildman–Crippen LogP) is 0.316. The molecule has 0 aromatic carbocycles. The molecule has 0 radical (unpaired) electrons. The van der Waals surface area contributed by atoms with Crippen LogP contribution in [0.4, 0.5) is 0 Å². The van der Waals surface area contributed by atoms with E-state index >= 15 is 0 Å². The maximum absolute atomic E-state index is 4.27. The summed E-state index contributed by atoms with van der Waals surface area (Å²) in [5.74, 6) is 0. The van der Waals surface area contributed by atoms with Gasteiger partial charge in [-0.2, -0.15) is 0 Å². The van der Waals surface area contributed by atoms with Gasteiger partial charge in [-0.3, -0.25) is 0 Å². The molecule has 0 aliphatic heterocycles. The average Bonchev–Trinajstić information content (AvgIpc) is 3.00. The van der Waals surface area contributed by atoms with Gasteiger partial charge in [0.1, 0.15) is 11.4 Å². The quantitative estimate of drug-likeness (QED) is 0.585. The second-order valence-corrected chi connectivity index (χ2v) is 4.20. The summed E-state index contributed by atoms with van der Waals surface area (Å²) >= 11 is 0. The molecule has 6 nitrogen and oxygen atoms in total. The topological polar surface area (TPSA) is 43.4 Å². The molecule has 0 N–H and O–H groups in total. The summed E-state index contributed by atoms with van der Waals surface area (Å²) in [7, 11) is 3.86. The second kappa shape index (κ2) is 5.43. The number of hydrogen-bond donors (Lipinski definition) is 0. The van der Waals surface area contributed by atoms with Gasteiger partial charge in [0.05, 0.1) is 14.1 Å². The normalized spacial score (nSPS) is 12.8. The maximum Gasteiger partial charge on any atom is 0.265 e. The van der Waals surface area contributed by atoms with Gasteiger partial charge in [0.2, 0.25) is 12.7 Å². The molecule has 19 heavy (non-hydrogen) atoms. The lowest BCUT2D eigenvalue weighted by Crippen LogP contribution is -2.23. The third kappa shape index (κ3) is 2.85. The minimum atomic E-state index is 0.881. The molecule has 2 heterocycles. The smallest absolute Gasteiger partial charge is 0.240 e. The van der Waals surface area contributed by atoms with Crippen molar-refractivity contribution in [3.63, 3.8) is 0 Å². The van der Waals surface area contributed by atoms with E-state index in [4.69, 9.17) is 0 Å². The first kappa shape index (κ1) is 12.9. The number of allylic oxidation sites excluding steroid dienone is 5. The fourth-order valence-electron chi connectivity index (χ4n) is 1.66. The fourth-order valence-corrected chi connectivity index (χ4v) is 1.66. The van der Waals surface area contributed by atoms with Gasteiger partial charge in [0.25, 0.3) is 12.7 Å². The van der Waals surface area contributed by atoms with E-state index in [1.165, 1.54) is 0 Å². The van der Waals surface area contributed by atoms with Crippen LogP contribution in [0.1, 0.15) is 6.92 Å². The van der Waals surface area contributed by atoms with Gasteiger partial charge >= 0.3 is 0 Å². The van der Waals surface area contributed by atoms with Crippen LogP contribution in [-0.4, -0.2) is 19.6 Å². The molecule has 98 valence electrons. The summed E-state index contributed by atoms with van der Waals surface area (Å²) in [6.45, 7) is 5.80. The molecule has 0 aliphatic carbocycles. The van der Waals surface area contributed by atoms with Crippen LogP contribution in [0.25, 0.3) is 11.4 Å². The molecule has 0 saturated carbocycles. The zero-order valence-corrected chi connectivity index (χ0v) is 11.4. The van der Waals surface area contributed by atoms with Crippen molar-refractivity contribution in [3.05, 3.63) is 50.1 Å². The molecule has 0 saturated heterocycles. The molecule has 2 aromatic rings. The largest absolute Gasteiger partial charge is 0.265 e. The Morgan fingerprint density at radius 3 is 1.95 bits per heavy atom. The van der Waals surface area contributed by atoms with Gasteiger partial charge in [-0.15, -0.1) is 0 Å². The van der Waals surface area contributed by atoms with Crippen molar-refractivity contribution in [1.29, 1.82) is 0 Å². The molecular formula is C13H18N6+2. The first-order valence-electron chi connectivity index (χ1n) is 5.95. The zero-order valence-electron chi connectivity index (χ0n) is 11.4. The van der Waals surface area contributed by atoms with E-state index in [-0.39, 0.29) is 0 Å². The lowest BCUT2D eigenvalue weighted by atomic mass is 10.3. The Labute approximate surface area is 112 Å². The maximum atomic E-state index is 4.27. The Bertz CT molecular complexity index is 644. The summed E-state index contributed by atoms with van der Waals surface area (Å²) in [6.07, 6.45) is 13.0. The van der Waals surface area contributed by atoms with Gasteiger partial charge in [0.15, 0.2) is 0 Å². The van der Waals surface area contributed by atoms with Crippen molar-refractivity contribution in [3.8, 4) is 0 Å². The van der Waals surface area contributed by atoms with E-state index < -0.39 is 0 Å². The van der Waals surface area contributed by atoms with Gasteiger partial charge in [-0.25, -0.2) is 9.13 Å². The van der Waals surface area contributed by atoms with Crippen LogP contribution in [-0.2, 0) is 14.1 Å². The zero-order chi connectivity index (χ0) is 13.8. The first-order valence-corrected chi connectivity index (χ1v) is 5.95. The fraction of sp³-hybridized carbons (Fsp3) is 0.231. The molecule has 2 aromatic heterocycles. The molecule has 2 rings (SSSR count). The van der Waals surface area contributed by atoms with Gasteiger partial charge < -0.3 is 0 Å². The van der Waals surface area contributed by atoms with Crippen LogP contribution in [0, 0.1) is 0 Å². The minimum Gasteiger partial charge on any atom is -0.240 e. The van der Waals surface area contributed by atoms with Crippen molar-refractivity contribution in [2.45, 2.75) is 6.92 Å². The highest BCUT2D eigenvalue weighted by Gasteiger charge is 2.12. The van der Waals surface area contributed by atoms with E-state index in [0.29, 0.717) is 0 Å². The molecule has 0 amide bonds. The van der Waals surface area contributed by atoms with E-state index in [0.717, 1.165) is 11.4 Å². The Kier molecular flexibility index (Phi) is 3.70. The molecule has 0 bridgehead atoms. The van der Waals surface area contributed by atoms with E-state index in [9.17, 15) is 0 Å². The third-order valence-electron chi connectivity index (χ3n) is 2.63. The summed E-state index contributed by atoms with van der Waals surface area (Å²) in [5.41, 5.74) is 1.83. The van der Waals surface area contributed by atoms with E-state index in [1.54, 1.807) is 28.1 Å². The molecule has 0 fully saturated rings. The van der Waals surface area contributed by atoms with Crippen LogP contribution in [0.3, 0.4) is 0 Å². The minimum absolute atomic E-state index is 0.881. The number of hydrogen-bond acceptors (Lipinski definition) is 2. The molecule has 0 unspecified atom stereocenters. The monoisotopic (exact) mass is 258 g/mol. The van der Waals surface area contributed by atoms with Crippen LogP contribution >= 0.6 is 0 Å². The lowest BCUT2D eigenvalue weighted by Gasteiger charge is -1.96. The molecule has 6 heteroatoms. The van der Waals surface area contributed by atoms with Gasteiger partial charge in [-0.1, -0.05) is 15.9 Å². The van der Waals surface area contributed by atoms with Crippen molar-refractivity contribution in [2.24, 2.45) is 14.1 Å². The summed E-state index contributed by atoms with van der Waals surface area (Å²) < 4.78 is 7.33. The molecule has 0 spiro atoms. The molecule has 0 aliphatic rings. The third-order valence-corrected chi connectivity index (χ3v) is 2.63. The summed E-state index contributed by atoms with van der Waals surface area (Å²) in [5, 5.41) is 8.52. The van der Waals surface area contributed by atoms with Crippen molar-refractivity contribution >= 4 is 11.4 Å². The predicted molar refractivity (Wildman–Crippen MR) is 71.2 cm³/mol. The molecular weight excluding hydrogens is 240 g/mol. The first-order chi connectivity index (χ1) is 9.13. The summed E-state index contributed by atoms with van der Waals surface area (Å²) in [4.78, 5) is 0. The van der Waals surface area contributed by atoms with Gasteiger partial charge in [0, 0.05) is 16.3 Å². The van der Waals surface area contributed by atoms with Crippen molar-refractivity contribution < 1.29 is 9.13 Å². The number of aryl methyl sites for hydroxylation is 2. The Morgan fingerprint density at radius 2 is 1.58 bits per heavy atom. The highest BCUT2D eigenvalue weighted by atomic mass is 15.4. The highest BCUT2D eigenvalue weighted by Crippen LogP contribution is 2.11. The Hall–Kier alpha value is -2.50. The van der Waals surface area contributed by atoms with E-state index in [2.05, 4.69) is 16.8 Å². The second-order valence-electron chi connectivity index (χ2n) is 4.20. The van der Waals surface area contributed by atoms with Crippen LogP contribution in [0.15, 0.2) is 50.1 Å². The lowest BCUT2D eigenvalue weighted by molar-refractivity contribution is -0.672. The average molecular weight is 258 g/mol. The van der Waals surface area contributed by atoms with Crippen LogP contribution in [0.2, 0.25) is 0 Å². The Morgan fingerprint density at radius 1 is 1.05 bits per heavy atom. The van der Waals surface area contributed by atoms with Crippen LogP contribution in [0.5, 0.6) is 0 Å². The van der Waals surface area contributed by atoms with Crippen LogP contribution < -0.4 is 9.13 Å². The number of rotatable bonds is 4. The van der Waals surface area contributed by atoms with Gasteiger partial charge in [-0.05, 0) is 19.1 Å². The Balaban J connectivity index is 2.38. The summed E-state index contributed by atoms with van der Waals surface area (Å²) in [6, 6.07) is 0. The number of nitrogens with zero attached hydrogens (tertiary/aromatic N) is 6. The standard InChI is InChI=1S/C13H18N6/c1-5-12(18-10-16(3)8-14-18)7-13(6-2)19-11-17(4)9-15-19/h5-11H,1H2,2-4H3/q+2. The van der Waals surface area contributed by atoms with E-state index in [1.807, 2.05) is 55.0 Å². The SMILES string of the molecule is C=CC(=CC(=CC)n1c[n+](C)cn1)n1c[n+](C)cn1. The van der Waals surface area contributed by atoms with Crippen molar-refractivity contribution in [1.82, 2.24) is 19.6 Å². The highest BCUT2D eigenvalue weighted by molar-refractivity contribution is 5.70. The van der Waals surface area contributed by atoms with Crippen molar-refractivity contribution in [2.75, 3.05) is 0 Å².